The molecule has 0 aromatic carbocycles. The maximum absolute atomic E-state index is 11.8. The number of aliphatic hydroxyl groups is 2. The molecule has 11 heteroatoms. The van der Waals surface area contributed by atoms with Gasteiger partial charge in [0, 0.05) is 0 Å². The maximum atomic E-state index is 11.8. The van der Waals surface area contributed by atoms with E-state index in [9.17, 15) is 22.4 Å². The molecule has 0 aromatic rings. The van der Waals surface area contributed by atoms with Crippen molar-refractivity contribution in [3.63, 3.8) is 0 Å². The number of ether oxygens (including phenoxy) is 2. The minimum atomic E-state index is -4.22. The Balaban J connectivity index is 2.52. The molecule has 0 aromatic heterocycles. The number of nitrogens with two attached hydrogens (primary N) is 1. The van der Waals surface area contributed by atoms with E-state index in [1.807, 2.05) is 0 Å². The Morgan fingerprint density at radius 2 is 1.90 bits per heavy atom. The van der Waals surface area contributed by atoms with E-state index < -0.39 is 60.0 Å². The van der Waals surface area contributed by atoms with Crippen molar-refractivity contribution in [2.24, 2.45) is 5.73 Å². The Kier molecular flexibility index (Phi) is 6.46. The van der Waals surface area contributed by atoms with Crippen LogP contribution in [-0.4, -0.2) is 79.7 Å². The van der Waals surface area contributed by atoms with Crippen LogP contribution < -0.4 is 5.73 Å². The summed E-state index contributed by atoms with van der Waals surface area (Å²) >= 11 is -3.07. The van der Waals surface area contributed by atoms with Crippen LogP contribution in [0.5, 0.6) is 0 Å². The van der Waals surface area contributed by atoms with Gasteiger partial charge in [0.2, 0.25) is 0 Å². The molecule has 1 saturated heterocycles. The first-order valence-electron chi connectivity index (χ1n) is 6.27. The third-order valence-corrected chi connectivity index (χ3v) is 6.29. The summed E-state index contributed by atoms with van der Waals surface area (Å²) < 4.78 is 52.1. The van der Waals surface area contributed by atoms with Crippen molar-refractivity contribution in [2.45, 2.75) is 47.3 Å². The van der Waals surface area contributed by atoms with Crippen LogP contribution >= 0.6 is 0 Å². The van der Waals surface area contributed by atoms with Gasteiger partial charge in [0.25, 0.3) is 0 Å². The summed E-state index contributed by atoms with van der Waals surface area (Å²) in [6.07, 6.45) is -4.56. The molecule has 1 fully saturated rings. The van der Waals surface area contributed by atoms with E-state index >= 15 is 0 Å². The van der Waals surface area contributed by atoms with Crippen molar-refractivity contribution in [1.29, 1.82) is 0 Å². The van der Waals surface area contributed by atoms with Crippen LogP contribution in [0.15, 0.2) is 0 Å². The molecular weight excluding hydrogens is 369 g/mol. The summed E-state index contributed by atoms with van der Waals surface area (Å²) in [7, 11) is -4.22. The Morgan fingerprint density at radius 1 is 1.33 bits per heavy atom. The zero-order valence-corrected chi connectivity index (χ0v) is 14.5. The molecule has 1 aliphatic heterocycles. The van der Waals surface area contributed by atoms with Crippen LogP contribution in [0.1, 0.15) is 0 Å². The summed E-state index contributed by atoms with van der Waals surface area (Å²) in [5.41, 5.74) is 8.64. The third-order valence-electron chi connectivity index (χ3n) is 2.84. The van der Waals surface area contributed by atoms with Gasteiger partial charge in [0.05, 0.1) is 0 Å². The van der Waals surface area contributed by atoms with Crippen molar-refractivity contribution in [1.82, 2.24) is 0 Å². The average Bonchev–Trinajstić information content (AvgIpc) is 2.50. The summed E-state index contributed by atoms with van der Waals surface area (Å²) in [6.45, 7) is -0.290. The predicted octanol–water partition coefficient (Wildman–Crippen LogP) is -1.70. The molecule has 9 nitrogen and oxygen atoms in total. The van der Waals surface area contributed by atoms with E-state index in [2.05, 4.69) is 0 Å². The molecular formula is C10H22AsNO8S. The quantitative estimate of drug-likeness (QED) is 0.293. The van der Waals surface area contributed by atoms with E-state index in [-0.39, 0.29) is 11.8 Å². The molecule has 0 spiro atoms. The molecule has 1 unspecified atom stereocenters. The van der Waals surface area contributed by atoms with Crippen LogP contribution in [0.3, 0.4) is 0 Å². The fourth-order valence-electron chi connectivity index (χ4n) is 1.97. The van der Waals surface area contributed by atoms with Gasteiger partial charge >= 0.3 is 125 Å². The van der Waals surface area contributed by atoms with Crippen LogP contribution in [0.4, 0.5) is 0 Å². The standard InChI is InChI=1S/C10H22AsNO8S/c1-11(2,15)3-7-8(13)9(14)10(20-7)19-4-6(12)5-21(16,17)18/h6-10,13-14H,3-5,12H2,1-2H3,(H,16,17,18)/t6?,7-,8-,9-,10-/m1/s1. The third kappa shape index (κ3) is 6.79. The molecule has 0 radical (unpaired) electrons. The predicted molar refractivity (Wildman–Crippen MR) is 74.0 cm³/mol. The summed E-state index contributed by atoms with van der Waals surface area (Å²) in [5, 5.41) is 19.7. The van der Waals surface area contributed by atoms with Gasteiger partial charge in [-0.3, -0.25) is 0 Å². The van der Waals surface area contributed by atoms with Gasteiger partial charge in [0.15, 0.2) is 0 Å². The van der Waals surface area contributed by atoms with Crippen molar-refractivity contribution in [2.75, 3.05) is 12.4 Å². The van der Waals surface area contributed by atoms with E-state index in [1.165, 1.54) is 0 Å². The van der Waals surface area contributed by atoms with Crippen molar-refractivity contribution in [3.8, 4) is 0 Å². The molecule has 126 valence electrons. The van der Waals surface area contributed by atoms with Crippen molar-refractivity contribution in [3.05, 3.63) is 0 Å². The van der Waals surface area contributed by atoms with Gasteiger partial charge in [0.1, 0.15) is 0 Å². The van der Waals surface area contributed by atoms with E-state index in [4.69, 9.17) is 19.8 Å². The monoisotopic (exact) mass is 391 g/mol. The van der Waals surface area contributed by atoms with Gasteiger partial charge in [-0.25, -0.2) is 0 Å². The second kappa shape index (κ2) is 7.10. The van der Waals surface area contributed by atoms with E-state index in [0.29, 0.717) is 0 Å². The topological polar surface area (TPSA) is 156 Å². The average molecular weight is 391 g/mol. The van der Waals surface area contributed by atoms with Gasteiger partial charge in [-0.15, -0.1) is 0 Å². The molecule has 0 amide bonds. The Hall–Kier alpha value is 0.0684. The molecule has 1 heterocycles. The van der Waals surface area contributed by atoms with Crippen molar-refractivity contribution >= 4 is 23.6 Å². The molecule has 0 saturated carbocycles. The Bertz CT molecular complexity index is 491. The van der Waals surface area contributed by atoms with E-state index in [1.54, 1.807) is 11.4 Å². The van der Waals surface area contributed by atoms with Gasteiger partial charge < -0.3 is 0 Å². The molecule has 1 rings (SSSR count). The minimum absolute atomic E-state index is 0.146. The fraction of sp³-hybridized carbons (Fsp3) is 1.00. The van der Waals surface area contributed by atoms with Crippen LogP contribution in [-0.2, 0) is 23.3 Å². The zero-order chi connectivity index (χ0) is 16.4. The molecule has 21 heavy (non-hydrogen) atoms. The molecule has 0 aliphatic carbocycles. The molecule has 1 aliphatic rings. The van der Waals surface area contributed by atoms with Gasteiger partial charge in [-0.1, -0.05) is 0 Å². The number of hydrogen-bond donors (Lipinski definition) is 4. The molecule has 5 N–H and O–H groups in total. The SMILES string of the molecule is C[As](C)(=O)C[C@H]1O[C@@H](OCC(N)CS(=O)(=O)O)[C@H](O)[C@@H]1O. The first-order chi connectivity index (χ1) is 9.39. The Labute approximate surface area is 125 Å². The molecule has 5 atom stereocenters. The molecule has 0 bridgehead atoms. The number of rotatable bonds is 7. The van der Waals surface area contributed by atoms with Crippen LogP contribution in [0.25, 0.3) is 0 Å². The summed E-state index contributed by atoms with van der Waals surface area (Å²) in [5.74, 6) is -0.691. The Morgan fingerprint density at radius 3 is 2.38 bits per heavy atom. The summed E-state index contributed by atoms with van der Waals surface area (Å²) in [6, 6.07) is -1.00. The van der Waals surface area contributed by atoms with Gasteiger partial charge in [-0.05, 0) is 0 Å². The number of hydrogen-bond acceptors (Lipinski definition) is 8. The van der Waals surface area contributed by atoms with Gasteiger partial charge in [-0.2, -0.15) is 0 Å². The second-order valence-corrected chi connectivity index (χ2v) is 14.5. The summed E-state index contributed by atoms with van der Waals surface area (Å²) in [4.78, 5) is 0. The fourth-order valence-corrected chi connectivity index (χ4v) is 5.06. The normalized spacial score (nSPS) is 32.3. The van der Waals surface area contributed by atoms with Crippen LogP contribution in [0.2, 0.25) is 16.6 Å². The van der Waals surface area contributed by atoms with Crippen LogP contribution in [0, 0.1) is 0 Å². The number of aliphatic hydroxyl groups excluding tert-OH is 2. The van der Waals surface area contributed by atoms with Crippen molar-refractivity contribution < 1.29 is 36.4 Å². The van der Waals surface area contributed by atoms with E-state index in [0.717, 1.165) is 0 Å². The zero-order valence-electron chi connectivity index (χ0n) is 11.8. The first kappa shape index (κ1) is 19.1. The second-order valence-electron chi connectivity index (χ2n) is 5.62. The first-order valence-corrected chi connectivity index (χ1v) is 13.7.